The molecule has 31 nitrogen and oxygen atoms in total. The number of anilines is 1. The molecule has 1 aliphatic heterocycles. The largest absolute Gasteiger partial charge is 0.481 e. The van der Waals surface area contributed by atoms with Crippen LogP contribution in [0.1, 0.15) is 121 Å². The van der Waals surface area contributed by atoms with Gasteiger partial charge >= 0.3 is 47.8 Å². The number of carbonyl (C=O) groups excluding carboxylic acids is 5. The van der Waals surface area contributed by atoms with Gasteiger partial charge in [0.25, 0.3) is 0 Å². The number of thiocarbonyl (C=S) groups is 1. The Morgan fingerprint density at radius 2 is 0.948 bits per heavy atom. The van der Waals surface area contributed by atoms with Gasteiger partial charge in [-0.2, -0.15) is 0 Å². The average Bonchev–Trinajstić information content (AvgIpc) is 1.000. The fraction of sp³-hybridized carbons (Fsp3) is 0.603. The number of nitrogens with zero attached hydrogens (tertiary/aromatic N) is 4. The summed E-state index contributed by atoms with van der Waals surface area (Å²) in [5.41, 5.74) is 2.47. The highest BCUT2D eigenvalue weighted by Gasteiger charge is 2.29. The molecule has 0 saturated carbocycles. The number of carboxylic acid groups (broad SMARTS) is 7. The standard InChI is InChI=1S/C63H95IN12O19S/c1-2-76-35-34-74(40-56(84)85)31-30-73(39-55(82)83)32-33-75(41-57(86)87)38-46(76)36-42-17-21-45(22-18-42)68-63(96)67-29-11-7-12-47(58(88)70-48(59(89)90)13-8-10-28-66-53(79)37-43-15-19-44(64)20-16-43)69-52(78)14-6-4-3-5-9-27-65-51(77)25-23-49(60(91)92)71-62(95)72-50(61(93)94)24-26-54(80)81/h15-22,46-50H,2-14,23-41H2,1H3,(H,65,77)(H,66,79)(H,69,78)(H,70,88)(H,80,81)(H,82,83)(H,84,85)(H,86,87)(H,89,90)(H,91,92)(H,93,94)(H2,67,68,96)(H2,71,72,95)/t46?,47-,48-,49-,50-/m0/s1. The summed E-state index contributed by atoms with van der Waals surface area (Å²) < 4.78 is 1.04. The van der Waals surface area contributed by atoms with Crippen LogP contribution in [0.2, 0.25) is 0 Å². The van der Waals surface area contributed by atoms with Crippen molar-refractivity contribution in [3.8, 4) is 0 Å². The van der Waals surface area contributed by atoms with Gasteiger partial charge in [-0.05, 0) is 147 Å². The summed E-state index contributed by atoms with van der Waals surface area (Å²) in [4.78, 5) is 154. The monoisotopic (exact) mass is 1480 g/mol. The molecule has 0 spiro atoms. The Morgan fingerprint density at radius 3 is 1.50 bits per heavy atom. The molecule has 534 valence electrons. The first-order valence-corrected chi connectivity index (χ1v) is 33.7. The van der Waals surface area contributed by atoms with Crippen LogP contribution in [0.3, 0.4) is 0 Å². The maximum atomic E-state index is 13.8. The van der Waals surface area contributed by atoms with Crippen molar-refractivity contribution in [3.63, 3.8) is 0 Å². The zero-order chi connectivity index (χ0) is 71.0. The number of hydrogen-bond acceptors (Lipinski definition) is 17. The van der Waals surface area contributed by atoms with Crippen LogP contribution in [0.5, 0.6) is 0 Å². The molecule has 1 unspecified atom stereocenters. The second kappa shape index (κ2) is 46.3. The molecule has 6 amide bonds. The van der Waals surface area contributed by atoms with Gasteiger partial charge in [0.15, 0.2) is 5.11 Å². The Hall–Kier alpha value is -7.86. The van der Waals surface area contributed by atoms with Crippen molar-refractivity contribution < 1.29 is 93.3 Å². The van der Waals surface area contributed by atoms with E-state index in [4.69, 9.17) is 17.3 Å². The van der Waals surface area contributed by atoms with E-state index in [-0.39, 0.29) is 89.7 Å². The summed E-state index contributed by atoms with van der Waals surface area (Å²) in [7, 11) is 0. The highest BCUT2D eigenvalue weighted by Crippen LogP contribution is 2.17. The number of likely N-dealkylation sites (N-methyl/N-ethyl adjacent to an activating group) is 1. The molecule has 15 N–H and O–H groups in total. The summed E-state index contributed by atoms with van der Waals surface area (Å²) in [6, 6.07) is 8.28. The van der Waals surface area contributed by atoms with E-state index in [2.05, 4.69) is 64.7 Å². The number of rotatable bonds is 44. The van der Waals surface area contributed by atoms with E-state index in [1.165, 1.54) is 0 Å². The molecule has 0 aliphatic carbocycles. The Morgan fingerprint density at radius 1 is 0.479 bits per heavy atom. The normalized spacial score (nSPS) is 15.5. The second-order valence-electron chi connectivity index (χ2n) is 23.4. The Kier molecular flexibility index (Phi) is 39.7. The van der Waals surface area contributed by atoms with Crippen LogP contribution in [-0.2, 0) is 65.6 Å². The van der Waals surface area contributed by atoms with Gasteiger partial charge in [-0.3, -0.25) is 58.0 Å². The van der Waals surface area contributed by atoms with Crippen molar-refractivity contribution in [2.45, 2.75) is 153 Å². The molecule has 2 aromatic rings. The van der Waals surface area contributed by atoms with Gasteiger partial charge in [-0.1, -0.05) is 50.5 Å². The van der Waals surface area contributed by atoms with E-state index >= 15 is 0 Å². The number of carbonyl (C=O) groups is 12. The van der Waals surface area contributed by atoms with Crippen molar-refractivity contribution in [3.05, 3.63) is 63.2 Å². The molecular weight excluding hydrogens is 1390 g/mol. The topological polar surface area (TPSA) is 456 Å². The number of aliphatic carboxylic acids is 7. The second-order valence-corrected chi connectivity index (χ2v) is 25.1. The summed E-state index contributed by atoms with van der Waals surface area (Å²) >= 11 is 7.78. The van der Waals surface area contributed by atoms with Crippen LogP contribution < -0.4 is 42.5 Å². The molecule has 33 heteroatoms. The fourth-order valence-electron chi connectivity index (χ4n) is 10.5. The van der Waals surface area contributed by atoms with E-state index in [9.17, 15) is 88.2 Å². The first-order valence-electron chi connectivity index (χ1n) is 32.2. The number of hydrogen-bond donors (Lipinski definition) is 15. The van der Waals surface area contributed by atoms with Crippen LogP contribution in [0.4, 0.5) is 10.5 Å². The molecule has 2 aromatic carbocycles. The van der Waals surface area contributed by atoms with Crippen molar-refractivity contribution >= 4 is 117 Å². The highest BCUT2D eigenvalue weighted by atomic mass is 127. The molecule has 0 radical (unpaired) electrons. The highest BCUT2D eigenvalue weighted by molar-refractivity contribution is 14.1. The van der Waals surface area contributed by atoms with Gasteiger partial charge in [0.1, 0.15) is 24.2 Å². The minimum atomic E-state index is -1.58. The number of nitrogens with one attached hydrogen (secondary N) is 8. The molecule has 1 saturated heterocycles. The van der Waals surface area contributed by atoms with Crippen LogP contribution in [0.25, 0.3) is 0 Å². The summed E-state index contributed by atoms with van der Waals surface area (Å²) in [5.74, 6) is -10.4. The van der Waals surface area contributed by atoms with Crippen molar-refractivity contribution in [2.24, 2.45) is 0 Å². The van der Waals surface area contributed by atoms with E-state index in [0.717, 1.165) is 14.7 Å². The Labute approximate surface area is 577 Å². The molecule has 1 heterocycles. The number of urea groups is 1. The molecule has 0 bridgehead atoms. The molecule has 5 atom stereocenters. The molecule has 0 aromatic heterocycles. The quantitative estimate of drug-likeness (QED) is 0.0256. The van der Waals surface area contributed by atoms with Gasteiger partial charge in [-0.15, -0.1) is 0 Å². The summed E-state index contributed by atoms with van der Waals surface area (Å²) in [5, 5.41) is 88.5. The maximum Gasteiger partial charge on any atom is 0.326 e. The van der Waals surface area contributed by atoms with Crippen molar-refractivity contribution in [1.29, 1.82) is 0 Å². The Balaban J connectivity index is 1.56. The van der Waals surface area contributed by atoms with Gasteiger partial charge in [0, 0.05) is 100 Å². The third-order valence-electron chi connectivity index (χ3n) is 15.7. The van der Waals surface area contributed by atoms with Gasteiger partial charge in [-0.25, -0.2) is 19.2 Å². The molecule has 1 fully saturated rings. The minimum absolute atomic E-state index is 0.0610. The first-order chi connectivity index (χ1) is 45.7. The van der Waals surface area contributed by atoms with Crippen LogP contribution in [-0.4, -0.2) is 254 Å². The lowest BCUT2D eigenvalue weighted by atomic mass is 10.0. The summed E-state index contributed by atoms with van der Waals surface area (Å²) in [6.07, 6.45) is 4.08. The third kappa shape index (κ3) is 36.9. The van der Waals surface area contributed by atoms with E-state index < -0.39 is 103 Å². The maximum absolute atomic E-state index is 13.8. The van der Waals surface area contributed by atoms with Gasteiger partial charge in [0.05, 0.1) is 26.1 Å². The lowest BCUT2D eigenvalue weighted by Gasteiger charge is -2.38. The van der Waals surface area contributed by atoms with Crippen molar-refractivity contribution in [2.75, 3.05) is 96.9 Å². The first kappa shape index (κ1) is 82.4. The average molecular weight is 1480 g/mol. The lowest BCUT2D eigenvalue weighted by Crippen LogP contribution is -2.52. The SMILES string of the molecule is CCN1CCN(CC(=O)O)CCN(CC(=O)O)CCN(CC(=O)O)CC1Cc1ccc(NC(=S)NCCCC[C@H](NC(=O)CCCCCCCNC(=O)CC[C@H](NC(=O)N[C@@H](CCC(=O)O)C(=O)O)C(=O)O)C(=O)N[C@@H](CCCCNC(=O)Cc2ccc(I)cc2)C(=O)O)cc1. The van der Waals surface area contributed by atoms with Gasteiger partial charge in [0.2, 0.25) is 23.6 Å². The molecule has 3 rings (SSSR count). The third-order valence-corrected chi connectivity index (χ3v) is 16.7. The van der Waals surface area contributed by atoms with Gasteiger partial charge < -0.3 is 78.3 Å². The van der Waals surface area contributed by atoms with E-state index in [1.807, 2.05) is 60.8 Å². The zero-order valence-corrected chi connectivity index (χ0v) is 57.2. The lowest BCUT2D eigenvalue weighted by molar-refractivity contribution is -0.142. The molecule has 1 aliphatic rings. The van der Waals surface area contributed by atoms with E-state index in [1.54, 1.807) is 14.7 Å². The zero-order valence-electron chi connectivity index (χ0n) is 54.2. The number of unbranched alkanes of at least 4 members (excludes halogenated alkanes) is 6. The molecule has 96 heavy (non-hydrogen) atoms. The van der Waals surface area contributed by atoms with E-state index in [0.29, 0.717) is 127 Å². The summed E-state index contributed by atoms with van der Waals surface area (Å²) in [6.45, 7) is 5.19. The number of carboxylic acids is 7. The number of halogens is 1. The number of benzene rings is 2. The predicted octanol–water partition coefficient (Wildman–Crippen LogP) is 2.05. The smallest absolute Gasteiger partial charge is 0.326 e. The fourth-order valence-corrected chi connectivity index (χ4v) is 11.1. The van der Waals surface area contributed by atoms with Crippen LogP contribution in [0.15, 0.2) is 48.5 Å². The predicted molar refractivity (Wildman–Crippen MR) is 364 cm³/mol. The van der Waals surface area contributed by atoms with Crippen molar-refractivity contribution in [1.82, 2.24) is 56.8 Å². The number of amides is 6. The van der Waals surface area contributed by atoms with Crippen LogP contribution >= 0.6 is 34.8 Å². The minimum Gasteiger partial charge on any atom is -0.481 e. The Bertz CT molecular complexity index is 2860. The molecular formula is C63H95IN12O19S. The van der Waals surface area contributed by atoms with Crippen LogP contribution in [0, 0.1) is 3.57 Å².